The minimum Gasteiger partial charge on any atom is -0.396 e. The number of para-hydroxylation sites is 1. The zero-order valence-corrected chi connectivity index (χ0v) is 12.0. The maximum Gasteiger partial charge on any atom is 0.501 e. The van der Waals surface area contributed by atoms with E-state index in [4.69, 9.17) is 5.11 Å². The molecule has 8 heteroatoms. The molecule has 0 radical (unpaired) electrons. The number of aliphatic hydroxyl groups excluding tert-OH is 1. The normalized spacial score (nSPS) is 20.0. The topological polar surface area (TPSA) is 57.6 Å². The summed E-state index contributed by atoms with van der Waals surface area (Å²) in [6.07, 6.45) is 1.28. The van der Waals surface area contributed by atoms with Gasteiger partial charge < -0.3 is 10.0 Å². The van der Waals surface area contributed by atoms with Crippen LogP contribution in [0.15, 0.2) is 29.2 Å². The number of hydrogen-bond donors (Lipinski definition) is 1. The Morgan fingerprint density at radius 2 is 1.95 bits per heavy atom. The van der Waals surface area contributed by atoms with E-state index in [-0.39, 0.29) is 18.2 Å². The maximum absolute atomic E-state index is 12.7. The van der Waals surface area contributed by atoms with Crippen LogP contribution < -0.4 is 4.90 Å². The van der Waals surface area contributed by atoms with Crippen LogP contribution in [0.5, 0.6) is 0 Å². The number of aliphatic hydroxyl groups is 1. The Morgan fingerprint density at radius 1 is 1.29 bits per heavy atom. The van der Waals surface area contributed by atoms with Gasteiger partial charge in [-0.3, -0.25) is 0 Å². The molecule has 2 rings (SSSR count). The molecule has 0 bridgehead atoms. The number of hydrogen-bond acceptors (Lipinski definition) is 4. The summed E-state index contributed by atoms with van der Waals surface area (Å²) in [5.74, 6) is 0.164. The van der Waals surface area contributed by atoms with Crippen molar-refractivity contribution in [3.8, 4) is 0 Å². The van der Waals surface area contributed by atoms with E-state index in [0.717, 1.165) is 12.5 Å². The van der Waals surface area contributed by atoms with Gasteiger partial charge in [0.15, 0.2) is 0 Å². The third kappa shape index (κ3) is 3.16. The second-order valence-electron chi connectivity index (χ2n) is 5.03. The van der Waals surface area contributed by atoms with Crippen LogP contribution in [0.1, 0.15) is 12.8 Å². The standard InChI is InChI=1S/C13H16F3NO3S/c14-13(15,16)21(19,20)12-4-2-1-3-11(12)17-7-5-10(9-17)6-8-18/h1-4,10,18H,5-9H2. The molecule has 1 unspecified atom stereocenters. The molecular weight excluding hydrogens is 307 g/mol. The first-order valence-electron chi connectivity index (χ1n) is 6.53. The summed E-state index contributed by atoms with van der Waals surface area (Å²) in [5.41, 5.74) is -5.23. The number of benzene rings is 1. The van der Waals surface area contributed by atoms with Gasteiger partial charge in [-0.2, -0.15) is 13.2 Å². The molecule has 1 aliphatic heterocycles. The Labute approximate surface area is 121 Å². The molecule has 1 N–H and O–H groups in total. The van der Waals surface area contributed by atoms with Gasteiger partial charge in [0, 0.05) is 19.7 Å². The number of halogens is 3. The molecule has 1 aliphatic rings. The first-order chi connectivity index (χ1) is 9.77. The van der Waals surface area contributed by atoms with E-state index in [0.29, 0.717) is 19.5 Å². The van der Waals surface area contributed by atoms with Crippen molar-refractivity contribution in [3.05, 3.63) is 24.3 Å². The average molecular weight is 323 g/mol. The van der Waals surface area contributed by atoms with Crippen LogP contribution in [0.25, 0.3) is 0 Å². The molecule has 118 valence electrons. The van der Waals surface area contributed by atoms with Crippen molar-refractivity contribution in [2.24, 2.45) is 5.92 Å². The fraction of sp³-hybridized carbons (Fsp3) is 0.538. The highest BCUT2D eigenvalue weighted by Crippen LogP contribution is 2.37. The molecular formula is C13H16F3NO3S. The van der Waals surface area contributed by atoms with Gasteiger partial charge >= 0.3 is 5.51 Å². The van der Waals surface area contributed by atoms with Gasteiger partial charge in [-0.05, 0) is 30.9 Å². The van der Waals surface area contributed by atoms with E-state index in [1.54, 1.807) is 4.90 Å². The van der Waals surface area contributed by atoms with Crippen molar-refractivity contribution >= 4 is 15.5 Å². The first kappa shape index (κ1) is 16.1. The summed E-state index contributed by atoms with van der Waals surface area (Å²) in [6.45, 7) is 0.945. The van der Waals surface area contributed by atoms with Gasteiger partial charge in [0.1, 0.15) is 0 Å². The molecule has 1 fully saturated rings. The van der Waals surface area contributed by atoms with Crippen LogP contribution in [0.4, 0.5) is 18.9 Å². The fourth-order valence-electron chi connectivity index (χ4n) is 2.54. The predicted octanol–water partition coefficient (Wildman–Crippen LogP) is 2.19. The molecule has 0 aromatic heterocycles. The van der Waals surface area contributed by atoms with Crippen LogP contribution in [0, 0.1) is 5.92 Å². The van der Waals surface area contributed by atoms with E-state index < -0.39 is 20.2 Å². The van der Waals surface area contributed by atoms with Crippen LogP contribution in [-0.4, -0.2) is 38.7 Å². The lowest BCUT2D eigenvalue weighted by atomic mass is 10.1. The number of anilines is 1. The Morgan fingerprint density at radius 3 is 2.57 bits per heavy atom. The van der Waals surface area contributed by atoms with Gasteiger partial charge in [0.25, 0.3) is 9.84 Å². The van der Waals surface area contributed by atoms with Crippen molar-refractivity contribution < 1.29 is 26.7 Å². The Kier molecular flexibility index (Phi) is 4.48. The molecule has 1 atom stereocenters. The van der Waals surface area contributed by atoms with E-state index >= 15 is 0 Å². The number of rotatable bonds is 4. The van der Waals surface area contributed by atoms with E-state index in [1.807, 2.05) is 0 Å². The van der Waals surface area contributed by atoms with Crippen LogP contribution in [0.2, 0.25) is 0 Å². The Hall–Kier alpha value is -1.28. The van der Waals surface area contributed by atoms with Crippen LogP contribution in [-0.2, 0) is 9.84 Å². The number of nitrogens with zero attached hydrogens (tertiary/aromatic N) is 1. The van der Waals surface area contributed by atoms with Crippen molar-refractivity contribution in [1.29, 1.82) is 0 Å². The van der Waals surface area contributed by atoms with E-state index in [2.05, 4.69) is 0 Å². The summed E-state index contributed by atoms with van der Waals surface area (Å²) in [4.78, 5) is 0.932. The third-order valence-electron chi connectivity index (χ3n) is 3.62. The lowest BCUT2D eigenvalue weighted by molar-refractivity contribution is -0.0435. The molecule has 1 saturated heterocycles. The van der Waals surface area contributed by atoms with Crippen molar-refractivity contribution in [2.75, 3.05) is 24.6 Å². The van der Waals surface area contributed by atoms with Crippen molar-refractivity contribution in [3.63, 3.8) is 0 Å². The minimum absolute atomic E-state index is 0.0149. The molecule has 4 nitrogen and oxygen atoms in total. The summed E-state index contributed by atoms with van der Waals surface area (Å²) < 4.78 is 61.5. The zero-order valence-electron chi connectivity index (χ0n) is 11.2. The highest BCUT2D eigenvalue weighted by molar-refractivity contribution is 7.92. The molecule has 0 saturated carbocycles. The largest absolute Gasteiger partial charge is 0.501 e. The van der Waals surface area contributed by atoms with E-state index in [9.17, 15) is 21.6 Å². The molecule has 1 aromatic carbocycles. The predicted molar refractivity (Wildman–Crippen MR) is 71.7 cm³/mol. The molecule has 21 heavy (non-hydrogen) atoms. The van der Waals surface area contributed by atoms with Gasteiger partial charge in [0.05, 0.1) is 10.6 Å². The summed E-state index contributed by atoms with van der Waals surface area (Å²) in [6, 6.07) is 5.17. The smallest absolute Gasteiger partial charge is 0.396 e. The molecule has 1 heterocycles. The second kappa shape index (κ2) is 5.84. The van der Waals surface area contributed by atoms with E-state index in [1.165, 1.54) is 18.2 Å². The van der Waals surface area contributed by atoms with Gasteiger partial charge in [0.2, 0.25) is 0 Å². The van der Waals surface area contributed by atoms with Gasteiger partial charge in [-0.1, -0.05) is 12.1 Å². The van der Waals surface area contributed by atoms with Crippen LogP contribution >= 0.6 is 0 Å². The van der Waals surface area contributed by atoms with Crippen molar-refractivity contribution in [2.45, 2.75) is 23.2 Å². The molecule has 0 amide bonds. The van der Waals surface area contributed by atoms with Gasteiger partial charge in [-0.15, -0.1) is 0 Å². The molecule has 1 aromatic rings. The Balaban J connectivity index is 2.35. The molecule has 0 aliphatic carbocycles. The fourth-order valence-corrected chi connectivity index (χ4v) is 3.52. The van der Waals surface area contributed by atoms with Gasteiger partial charge in [-0.25, -0.2) is 8.42 Å². The Bertz CT molecular complexity index is 601. The zero-order chi connectivity index (χ0) is 15.7. The SMILES string of the molecule is O=S(=O)(c1ccccc1N1CCC(CCO)C1)C(F)(F)F. The number of alkyl halides is 3. The lowest BCUT2D eigenvalue weighted by Crippen LogP contribution is -2.27. The highest BCUT2D eigenvalue weighted by atomic mass is 32.2. The first-order valence-corrected chi connectivity index (χ1v) is 8.02. The highest BCUT2D eigenvalue weighted by Gasteiger charge is 2.48. The number of sulfone groups is 1. The summed E-state index contributed by atoms with van der Waals surface area (Å²) in [7, 11) is -5.37. The monoisotopic (exact) mass is 323 g/mol. The minimum atomic E-state index is -5.37. The molecule has 0 spiro atoms. The average Bonchev–Trinajstić information content (AvgIpc) is 2.86. The maximum atomic E-state index is 12.7. The van der Waals surface area contributed by atoms with Crippen molar-refractivity contribution in [1.82, 2.24) is 0 Å². The summed E-state index contributed by atoms with van der Waals surface area (Å²) >= 11 is 0. The van der Waals surface area contributed by atoms with Crippen LogP contribution in [0.3, 0.4) is 0 Å². The third-order valence-corrected chi connectivity index (χ3v) is 5.16. The second-order valence-corrected chi connectivity index (χ2v) is 6.94. The quantitative estimate of drug-likeness (QED) is 0.923. The lowest BCUT2D eigenvalue weighted by Gasteiger charge is -2.22. The summed E-state index contributed by atoms with van der Waals surface area (Å²) in [5, 5.41) is 8.91.